The van der Waals surface area contributed by atoms with Crippen LogP contribution in [0.25, 0.3) is 10.8 Å². The van der Waals surface area contributed by atoms with Crippen LogP contribution in [-0.2, 0) is 0 Å². The number of halogens is 1. The molecule has 0 aromatic heterocycles. The summed E-state index contributed by atoms with van der Waals surface area (Å²) >= 11 is 1.88. The Balaban J connectivity index is 1.17. The summed E-state index contributed by atoms with van der Waals surface area (Å²) < 4.78 is 15.6. The van der Waals surface area contributed by atoms with Crippen LogP contribution in [0.3, 0.4) is 0 Å². The number of nitrogens with zero attached hydrogens (tertiary/aromatic N) is 3. The van der Waals surface area contributed by atoms with E-state index >= 15 is 0 Å². The summed E-state index contributed by atoms with van der Waals surface area (Å²) in [6, 6.07) is 20.1. The van der Waals surface area contributed by atoms with Gasteiger partial charge in [0.25, 0.3) is 0 Å². The van der Waals surface area contributed by atoms with Crippen LogP contribution in [0.2, 0.25) is 0 Å². The molecule has 0 spiro atoms. The van der Waals surface area contributed by atoms with Crippen molar-refractivity contribution in [2.45, 2.75) is 11.8 Å². The molecule has 0 N–H and O–H groups in total. The fourth-order valence-corrected chi connectivity index (χ4v) is 5.77. The topological polar surface area (TPSA) is 9.72 Å². The highest BCUT2D eigenvalue weighted by Crippen LogP contribution is 2.46. The Kier molecular flexibility index (Phi) is 5.10. The maximum atomic E-state index is 13.2. The van der Waals surface area contributed by atoms with Gasteiger partial charge in [0.15, 0.2) is 0 Å². The third kappa shape index (κ3) is 3.81. The second-order valence-corrected chi connectivity index (χ2v) is 9.22. The number of rotatable bonds is 5. The Labute approximate surface area is 176 Å². The third-order valence-electron chi connectivity index (χ3n) is 5.93. The van der Waals surface area contributed by atoms with Gasteiger partial charge in [0.1, 0.15) is 5.82 Å². The average Bonchev–Trinajstić information content (AvgIpc) is 3.09. The summed E-state index contributed by atoms with van der Waals surface area (Å²) in [5.41, 5.74) is 2.48. The second kappa shape index (κ2) is 7.88. The largest absolute Gasteiger partial charge is 0.369 e. The highest BCUT2D eigenvalue weighted by atomic mass is 32.2. The molecule has 3 aromatic rings. The van der Waals surface area contributed by atoms with Crippen LogP contribution in [-0.4, -0.2) is 44.2 Å². The molecule has 5 rings (SSSR count). The lowest BCUT2D eigenvalue weighted by Gasteiger charge is -2.37. The molecule has 1 saturated heterocycles. The van der Waals surface area contributed by atoms with E-state index < -0.39 is 0 Å². The minimum Gasteiger partial charge on any atom is -0.369 e. The quantitative estimate of drug-likeness (QED) is 0.533. The first-order valence-electron chi connectivity index (χ1n) is 10.4. The zero-order chi connectivity index (χ0) is 19.8. The van der Waals surface area contributed by atoms with Crippen LogP contribution in [0, 0.1) is 11.7 Å². The summed E-state index contributed by atoms with van der Waals surface area (Å²) in [5.74, 6) is 0.420. The monoisotopic (exact) mass is 407 g/mol. The Morgan fingerprint density at radius 1 is 0.897 bits per heavy atom. The minimum absolute atomic E-state index is 0.168. The molecule has 0 amide bonds. The molecular weight excluding hydrogens is 381 g/mol. The molecule has 1 fully saturated rings. The number of piperazine rings is 1. The van der Waals surface area contributed by atoms with Crippen molar-refractivity contribution in [3.8, 4) is 0 Å². The van der Waals surface area contributed by atoms with Gasteiger partial charge < -0.3 is 9.21 Å². The van der Waals surface area contributed by atoms with Crippen LogP contribution in [0.5, 0.6) is 0 Å². The summed E-state index contributed by atoms with van der Waals surface area (Å²) in [6.07, 6.45) is 0. The maximum absolute atomic E-state index is 13.2. The van der Waals surface area contributed by atoms with Crippen LogP contribution >= 0.6 is 11.9 Å². The molecule has 0 saturated carbocycles. The van der Waals surface area contributed by atoms with Gasteiger partial charge in [-0.25, -0.2) is 4.39 Å². The molecule has 1 unspecified atom stereocenters. The van der Waals surface area contributed by atoms with E-state index in [4.69, 9.17) is 0 Å². The fourth-order valence-electron chi connectivity index (χ4n) is 4.50. The molecule has 3 aromatic carbocycles. The van der Waals surface area contributed by atoms with Crippen LogP contribution in [0.15, 0.2) is 65.6 Å². The van der Waals surface area contributed by atoms with Crippen molar-refractivity contribution in [2.75, 3.05) is 48.5 Å². The zero-order valence-corrected chi connectivity index (χ0v) is 17.5. The zero-order valence-electron chi connectivity index (χ0n) is 16.7. The van der Waals surface area contributed by atoms with E-state index in [0.29, 0.717) is 5.92 Å². The van der Waals surface area contributed by atoms with Gasteiger partial charge in [0.2, 0.25) is 0 Å². The predicted molar refractivity (Wildman–Crippen MR) is 121 cm³/mol. The summed E-state index contributed by atoms with van der Waals surface area (Å²) in [6.45, 7) is 8.64. The first kappa shape index (κ1) is 18.8. The average molecular weight is 408 g/mol. The molecule has 3 nitrogen and oxygen atoms in total. The lowest BCUT2D eigenvalue weighted by molar-refractivity contribution is 0.228. The van der Waals surface area contributed by atoms with Gasteiger partial charge in [-0.1, -0.05) is 31.2 Å². The third-order valence-corrected chi connectivity index (χ3v) is 7.04. The smallest absolute Gasteiger partial charge is 0.123 e. The molecule has 150 valence electrons. The van der Waals surface area contributed by atoms with Gasteiger partial charge >= 0.3 is 0 Å². The van der Waals surface area contributed by atoms with Crippen LogP contribution in [0.1, 0.15) is 6.92 Å². The number of hydrogen-bond donors (Lipinski definition) is 0. The van der Waals surface area contributed by atoms with E-state index in [1.165, 1.54) is 21.4 Å². The first-order valence-corrected chi connectivity index (χ1v) is 11.1. The van der Waals surface area contributed by atoms with Gasteiger partial charge in [0, 0.05) is 55.2 Å². The van der Waals surface area contributed by atoms with Crippen molar-refractivity contribution in [3.05, 3.63) is 66.5 Å². The van der Waals surface area contributed by atoms with Crippen molar-refractivity contribution in [1.29, 1.82) is 0 Å². The van der Waals surface area contributed by atoms with E-state index in [0.717, 1.165) is 45.0 Å². The van der Waals surface area contributed by atoms with Gasteiger partial charge in [-0.15, -0.1) is 0 Å². The molecular formula is C24H26FN3S. The standard InChI is InChI=1S/C24H26FN3S/c1-18(16-26-12-14-27(15-13-26)21-10-8-20(25)9-11-21)17-28-22-6-2-4-19-5-3-7-23(29-28)24(19)22/h2-11,18H,12-17H2,1H3. The van der Waals surface area contributed by atoms with E-state index in [-0.39, 0.29) is 5.82 Å². The minimum atomic E-state index is -0.168. The van der Waals surface area contributed by atoms with Crippen LogP contribution < -0.4 is 9.21 Å². The van der Waals surface area contributed by atoms with Gasteiger partial charge in [-0.3, -0.25) is 4.90 Å². The van der Waals surface area contributed by atoms with Gasteiger partial charge in [-0.05, 0) is 59.7 Å². The molecule has 2 aliphatic heterocycles. The number of anilines is 2. The maximum Gasteiger partial charge on any atom is 0.123 e. The van der Waals surface area contributed by atoms with E-state index in [1.807, 2.05) is 24.1 Å². The van der Waals surface area contributed by atoms with Gasteiger partial charge in [0.05, 0.1) is 5.69 Å². The van der Waals surface area contributed by atoms with Crippen molar-refractivity contribution in [1.82, 2.24) is 4.90 Å². The van der Waals surface area contributed by atoms with E-state index in [2.05, 4.69) is 57.4 Å². The molecule has 0 radical (unpaired) electrons. The molecule has 5 heteroatoms. The lowest BCUT2D eigenvalue weighted by Crippen LogP contribution is -2.48. The number of benzene rings is 3. The van der Waals surface area contributed by atoms with E-state index in [9.17, 15) is 4.39 Å². The highest BCUT2D eigenvalue weighted by Gasteiger charge is 2.25. The molecule has 0 aliphatic carbocycles. The first-order chi connectivity index (χ1) is 14.2. The van der Waals surface area contributed by atoms with Crippen molar-refractivity contribution in [3.63, 3.8) is 0 Å². The fraction of sp³-hybridized carbons (Fsp3) is 0.333. The number of hydrogen-bond acceptors (Lipinski definition) is 4. The second-order valence-electron chi connectivity index (χ2n) is 8.15. The Hall–Kier alpha value is -2.24. The van der Waals surface area contributed by atoms with E-state index in [1.54, 1.807) is 12.1 Å². The SMILES string of the molecule is CC(CN1CCN(c2ccc(F)cc2)CC1)CN1Sc2cccc3cccc1c23. The molecule has 1 atom stereocenters. The summed E-state index contributed by atoms with van der Waals surface area (Å²) in [4.78, 5) is 6.30. The van der Waals surface area contributed by atoms with Crippen molar-refractivity contribution in [2.24, 2.45) is 5.92 Å². The van der Waals surface area contributed by atoms with Crippen molar-refractivity contribution < 1.29 is 4.39 Å². The van der Waals surface area contributed by atoms with Crippen LogP contribution in [0.4, 0.5) is 15.8 Å². The Morgan fingerprint density at radius 2 is 1.62 bits per heavy atom. The Morgan fingerprint density at radius 3 is 2.38 bits per heavy atom. The lowest BCUT2D eigenvalue weighted by atomic mass is 10.1. The predicted octanol–water partition coefficient (Wildman–Crippen LogP) is 5.26. The summed E-state index contributed by atoms with van der Waals surface area (Å²) in [7, 11) is 0. The molecule has 2 aliphatic rings. The van der Waals surface area contributed by atoms with Crippen molar-refractivity contribution >= 4 is 34.1 Å². The molecule has 29 heavy (non-hydrogen) atoms. The van der Waals surface area contributed by atoms with Gasteiger partial charge in [-0.2, -0.15) is 0 Å². The highest BCUT2D eigenvalue weighted by molar-refractivity contribution is 8.01. The molecule has 0 bridgehead atoms. The molecule has 2 heterocycles. The summed E-state index contributed by atoms with van der Waals surface area (Å²) in [5, 5.41) is 2.74. The Bertz CT molecular complexity index is 993. The normalized spacial score (nSPS) is 17.9.